The Labute approximate surface area is 119 Å². The van der Waals surface area contributed by atoms with Gasteiger partial charge in [0.25, 0.3) is 0 Å². The second kappa shape index (κ2) is 9.11. The summed E-state index contributed by atoms with van der Waals surface area (Å²) in [6, 6.07) is 9.51. The summed E-state index contributed by atoms with van der Waals surface area (Å²) in [6.45, 7) is 9.92. The molecule has 0 fully saturated rings. The molecule has 1 rings (SSSR count). The van der Waals surface area contributed by atoms with Crippen LogP contribution in [0.4, 0.5) is 0 Å². The summed E-state index contributed by atoms with van der Waals surface area (Å²) in [6.07, 6.45) is 3.66. The van der Waals surface area contributed by atoms with Crippen LogP contribution in [-0.4, -0.2) is 31.6 Å². The van der Waals surface area contributed by atoms with Crippen LogP contribution in [0.3, 0.4) is 0 Å². The lowest BCUT2D eigenvalue weighted by Gasteiger charge is -2.25. The van der Waals surface area contributed by atoms with E-state index in [1.807, 2.05) is 0 Å². The second-order valence-electron chi connectivity index (χ2n) is 5.32. The van der Waals surface area contributed by atoms with Crippen molar-refractivity contribution in [1.82, 2.24) is 10.2 Å². The van der Waals surface area contributed by atoms with Crippen LogP contribution in [0.5, 0.6) is 0 Å². The number of nitrogens with zero attached hydrogens (tertiary/aromatic N) is 1. The highest BCUT2D eigenvalue weighted by molar-refractivity contribution is 5.25. The lowest BCUT2D eigenvalue weighted by molar-refractivity contribution is 0.288. The first-order chi connectivity index (χ1) is 9.21. The quantitative estimate of drug-likeness (QED) is 0.731. The Morgan fingerprint density at radius 3 is 2.32 bits per heavy atom. The molecule has 2 heteroatoms. The number of hydrogen-bond acceptors (Lipinski definition) is 2. The second-order valence-corrected chi connectivity index (χ2v) is 5.32. The van der Waals surface area contributed by atoms with Gasteiger partial charge < -0.3 is 10.2 Å². The van der Waals surface area contributed by atoms with E-state index in [1.165, 1.54) is 30.5 Å². The summed E-state index contributed by atoms with van der Waals surface area (Å²) >= 11 is 0. The molecule has 0 aliphatic carbocycles. The minimum Gasteiger partial charge on any atom is -0.309 e. The van der Waals surface area contributed by atoms with E-state index in [9.17, 15) is 0 Å². The molecule has 1 atom stereocenters. The minimum atomic E-state index is 0.442. The molecular formula is C17H30N2. The molecule has 0 amide bonds. The van der Waals surface area contributed by atoms with Crippen molar-refractivity contribution in [2.24, 2.45) is 0 Å². The van der Waals surface area contributed by atoms with Crippen LogP contribution in [0, 0.1) is 0 Å². The van der Waals surface area contributed by atoms with Crippen LogP contribution < -0.4 is 5.32 Å². The maximum atomic E-state index is 3.60. The topological polar surface area (TPSA) is 15.3 Å². The Kier molecular flexibility index (Phi) is 7.76. The van der Waals surface area contributed by atoms with Gasteiger partial charge in [-0.05, 0) is 44.1 Å². The van der Waals surface area contributed by atoms with Crippen molar-refractivity contribution in [1.29, 1.82) is 0 Å². The van der Waals surface area contributed by atoms with Crippen LogP contribution in [-0.2, 0) is 6.42 Å². The molecule has 1 unspecified atom stereocenters. The minimum absolute atomic E-state index is 0.442. The van der Waals surface area contributed by atoms with E-state index >= 15 is 0 Å². The summed E-state index contributed by atoms with van der Waals surface area (Å²) in [4.78, 5) is 2.44. The first kappa shape index (κ1) is 16.2. The molecule has 0 saturated carbocycles. The van der Waals surface area contributed by atoms with Crippen molar-refractivity contribution < 1.29 is 0 Å². The molecule has 0 aliphatic rings. The first-order valence-corrected chi connectivity index (χ1v) is 7.72. The Morgan fingerprint density at radius 2 is 1.79 bits per heavy atom. The standard InChI is InChI=1S/C17H30N2/c1-5-8-13-19(4)14-17(18-7-3)16-11-9-15(6-2)10-12-16/h9-12,17-18H,5-8,13-14H2,1-4H3. The lowest BCUT2D eigenvalue weighted by atomic mass is 10.0. The number of aryl methyl sites for hydroxylation is 1. The van der Waals surface area contributed by atoms with Gasteiger partial charge in [-0.25, -0.2) is 0 Å². The zero-order valence-corrected chi connectivity index (χ0v) is 13.1. The van der Waals surface area contributed by atoms with Gasteiger partial charge in [0.1, 0.15) is 0 Å². The fraction of sp³-hybridized carbons (Fsp3) is 0.647. The molecule has 1 aromatic rings. The number of hydrogen-bond donors (Lipinski definition) is 1. The summed E-state index contributed by atoms with van der Waals surface area (Å²) in [5.74, 6) is 0. The van der Waals surface area contributed by atoms with E-state index in [4.69, 9.17) is 0 Å². The summed E-state index contributed by atoms with van der Waals surface area (Å²) < 4.78 is 0. The number of likely N-dealkylation sites (N-methyl/N-ethyl adjacent to an activating group) is 2. The Balaban J connectivity index is 2.64. The Morgan fingerprint density at radius 1 is 1.11 bits per heavy atom. The van der Waals surface area contributed by atoms with Crippen molar-refractivity contribution >= 4 is 0 Å². The zero-order chi connectivity index (χ0) is 14.1. The summed E-state index contributed by atoms with van der Waals surface area (Å²) in [7, 11) is 2.22. The summed E-state index contributed by atoms with van der Waals surface area (Å²) in [5.41, 5.74) is 2.82. The molecule has 0 radical (unpaired) electrons. The number of nitrogens with one attached hydrogen (secondary N) is 1. The van der Waals surface area contributed by atoms with Crippen LogP contribution >= 0.6 is 0 Å². The van der Waals surface area contributed by atoms with Crippen LogP contribution in [0.25, 0.3) is 0 Å². The molecule has 0 heterocycles. The van der Waals surface area contributed by atoms with E-state index in [-0.39, 0.29) is 0 Å². The summed E-state index contributed by atoms with van der Waals surface area (Å²) in [5, 5.41) is 3.60. The number of benzene rings is 1. The highest BCUT2D eigenvalue weighted by atomic mass is 15.1. The van der Waals surface area contributed by atoms with Gasteiger partial charge in [-0.2, -0.15) is 0 Å². The van der Waals surface area contributed by atoms with Gasteiger partial charge in [0.2, 0.25) is 0 Å². The van der Waals surface area contributed by atoms with Crippen LogP contribution in [0.1, 0.15) is 50.8 Å². The maximum absolute atomic E-state index is 3.60. The van der Waals surface area contributed by atoms with Crippen molar-refractivity contribution in [2.75, 3.05) is 26.7 Å². The third-order valence-corrected chi connectivity index (χ3v) is 3.63. The number of unbranched alkanes of at least 4 members (excludes halogenated alkanes) is 1. The largest absolute Gasteiger partial charge is 0.309 e. The van der Waals surface area contributed by atoms with E-state index in [0.29, 0.717) is 6.04 Å². The first-order valence-electron chi connectivity index (χ1n) is 7.72. The average molecular weight is 262 g/mol. The molecule has 0 spiro atoms. The molecule has 2 nitrogen and oxygen atoms in total. The predicted octanol–water partition coefficient (Wildman–Crippen LogP) is 3.63. The van der Waals surface area contributed by atoms with Gasteiger partial charge in [-0.3, -0.25) is 0 Å². The molecule has 0 saturated heterocycles. The zero-order valence-electron chi connectivity index (χ0n) is 13.1. The van der Waals surface area contributed by atoms with E-state index in [2.05, 4.69) is 62.3 Å². The third-order valence-electron chi connectivity index (χ3n) is 3.63. The fourth-order valence-electron chi connectivity index (χ4n) is 2.35. The van der Waals surface area contributed by atoms with E-state index in [1.54, 1.807) is 0 Å². The highest BCUT2D eigenvalue weighted by Gasteiger charge is 2.12. The molecule has 0 bridgehead atoms. The van der Waals surface area contributed by atoms with Crippen molar-refractivity contribution in [3.8, 4) is 0 Å². The lowest BCUT2D eigenvalue weighted by Crippen LogP contribution is -2.33. The van der Waals surface area contributed by atoms with Crippen molar-refractivity contribution in [2.45, 2.75) is 46.1 Å². The fourth-order valence-corrected chi connectivity index (χ4v) is 2.35. The molecule has 1 N–H and O–H groups in total. The third kappa shape index (κ3) is 5.75. The molecular weight excluding hydrogens is 232 g/mol. The monoisotopic (exact) mass is 262 g/mol. The SMILES string of the molecule is CCCCN(C)CC(NCC)c1ccc(CC)cc1. The van der Waals surface area contributed by atoms with Crippen LogP contribution in [0.15, 0.2) is 24.3 Å². The van der Waals surface area contributed by atoms with Gasteiger partial charge in [0.05, 0.1) is 0 Å². The smallest absolute Gasteiger partial charge is 0.0449 e. The van der Waals surface area contributed by atoms with Gasteiger partial charge in [0.15, 0.2) is 0 Å². The molecule has 1 aromatic carbocycles. The van der Waals surface area contributed by atoms with Gasteiger partial charge >= 0.3 is 0 Å². The highest BCUT2D eigenvalue weighted by Crippen LogP contribution is 2.15. The Hall–Kier alpha value is -0.860. The van der Waals surface area contributed by atoms with Crippen molar-refractivity contribution in [3.05, 3.63) is 35.4 Å². The average Bonchev–Trinajstić information content (AvgIpc) is 2.45. The molecule has 0 aliphatic heterocycles. The number of rotatable bonds is 9. The molecule has 0 aromatic heterocycles. The van der Waals surface area contributed by atoms with E-state index < -0.39 is 0 Å². The normalized spacial score (nSPS) is 12.9. The predicted molar refractivity (Wildman–Crippen MR) is 84.6 cm³/mol. The van der Waals surface area contributed by atoms with Crippen LogP contribution in [0.2, 0.25) is 0 Å². The van der Waals surface area contributed by atoms with Gasteiger partial charge in [-0.15, -0.1) is 0 Å². The molecule has 108 valence electrons. The van der Waals surface area contributed by atoms with E-state index in [0.717, 1.165) is 19.5 Å². The molecule has 19 heavy (non-hydrogen) atoms. The Bertz CT molecular complexity index is 332. The van der Waals surface area contributed by atoms with Gasteiger partial charge in [0, 0.05) is 12.6 Å². The van der Waals surface area contributed by atoms with Crippen molar-refractivity contribution in [3.63, 3.8) is 0 Å². The van der Waals surface area contributed by atoms with Gasteiger partial charge in [-0.1, -0.05) is 51.5 Å². The maximum Gasteiger partial charge on any atom is 0.0449 e.